The minimum atomic E-state index is 0.0222. The van der Waals surface area contributed by atoms with Crippen LogP contribution >= 0.6 is 11.6 Å². The van der Waals surface area contributed by atoms with Crippen molar-refractivity contribution in [1.82, 2.24) is 14.5 Å². The summed E-state index contributed by atoms with van der Waals surface area (Å²) in [7, 11) is 1.79. The van der Waals surface area contributed by atoms with Gasteiger partial charge < -0.3 is 14.2 Å². The molecule has 2 aliphatic rings. The van der Waals surface area contributed by atoms with Gasteiger partial charge in [0, 0.05) is 30.7 Å². The average molecular weight is 453 g/mol. The van der Waals surface area contributed by atoms with Crippen molar-refractivity contribution < 1.29 is 4.74 Å². The molecule has 32 heavy (non-hydrogen) atoms. The van der Waals surface area contributed by atoms with Crippen LogP contribution in [0.15, 0.2) is 35.3 Å². The molecule has 0 amide bonds. The van der Waals surface area contributed by atoms with Crippen LogP contribution in [-0.2, 0) is 11.8 Å². The maximum atomic E-state index is 12.2. The largest absolute Gasteiger partial charge is 0.377 e. The van der Waals surface area contributed by atoms with E-state index >= 15 is 0 Å². The molecule has 0 spiro atoms. The molecule has 7 heteroatoms. The Morgan fingerprint density at radius 1 is 1.09 bits per heavy atom. The van der Waals surface area contributed by atoms with Crippen molar-refractivity contribution in [3.8, 4) is 11.1 Å². The van der Waals surface area contributed by atoms with Gasteiger partial charge in [-0.15, -0.1) is 0 Å². The molecule has 0 bridgehead atoms. The summed E-state index contributed by atoms with van der Waals surface area (Å²) in [5.41, 5.74) is 3.61. The third kappa shape index (κ3) is 4.02. The number of fused-ring (bicyclic) bond motifs is 1. The number of morpholine rings is 1. The van der Waals surface area contributed by atoms with Gasteiger partial charge in [0.15, 0.2) is 0 Å². The van der Waals surface area contributed by atoms with E-state index in [2.05, 4.69) is 16.0 Å². The van der Waals surface area contributed by atoms with Gasteiger partial charge in [0.05, 0.1) is 24.8 Å². The minimum Gasteiger partial charge on any atom is -0.377 e. The van der Waals surface area contributed by atoms with E-state index in [1.165, 1.54) is 32.1 Å². The van der Waals surface area contributed by atoms with E-state index in [-0.39, 0.29) is 10.8 Å². The molecular formula is C25H29ClN4O2. The molecule has 0 radical (unpaired) electrons. The molecule has 2 aromatic heterocycles. The SMILES string of the molecule is Cc1cc(-c2ccc3nc(Cl)nc(N4CCOC[C@@H]4C4CCCCC4)c3c2)cn(C)c1=O. The molecule has 168 valence electrons. The van der Waals surface area contributed by atoms with E-state index in [4.69, 9.17) is 21.3 Å². The topological polar surface area (TPSA) is 60.2 Å². The van der Waals surface area contributed by atoms with Crippen LogP contribution in [0, 0.1) is 12.8 Å². The zero-order valence-electron chi connectivity index (χ0n) is 18.7. The van der Waals surface area contributed by atoms with Gasteiger partial charge in [-0.05, 0) is 66.6 Å². The minimum absolute atomic E-state index is 0.0222. The van der Waals surface area contributed by atoms with Crippen molar-refractivity contribution in [2.24, 2.45) is 13.0 Å². The number of halogens is 1. The van der Waals surface area contributed by atoms with Gasteiger partial charge in [0.25, 0.3) is 5.56 Å². The Morgan fingerprint density at radius 2 is 1.91 bits per heavy atom. The first kappa shape index (κ1) is 21.4. The van der Waals surface area contributed by atoms with Crippen LogP contribution in [0.4, 0.5) is 5.82 Å². The second-order valence-corrected chi connectivity index (χ2v) is 9.45. The highest BCUT2D eigenvalue weighted by atomic mass is 35.5. The van der Waals surface area contributed by atoms with Gasteiger partial charge in [0.1, 0.15) is 5.82 Å². The molecule has 1 aromatic carbocycles. The van der Waals surface area contributed by atoms with Gasteiger partial charge in [-0.3, -0.25) is 4.79 Å². The first-order valence-electron chi connectivity index (χ1n) is 11.5. The summed E-state index contributed by atoms with van der Waals surface area (Å²) < 4.78 is 7.54. The standard InChI is InChI=1S/C25H29ClN4O2/c1-16-12-19(14-29(2)24(16)31)18-8-9-21-20(13-18)23(28-25(26)27-21)30-10-11-32-15-22(30)17-6-4-3-5-7-17/h8-9,12-14,17,22H,3-7,10-11,15H2,1-2H3/t22-/m1/s1. The van der Waals surface area contributed by atoms with Crippen molar-refractivity contribution in [3.05, 3.63) is 51.7 Å². The lowest BCUT2D eigenvalue weighted by Crippen LogP contribution is -2.50. The first-order valence-corrected chi connectivity index (χ1v) is 11.9. The molecule has 3 heterocycles. The zero-order chi connectivity index (χ0) is 22.2. The Bertz CT molecular complexity index is 1180. The number of ether oxygens (including phenoxy) is 1. The van der Waals surface area contributed by atoms with E-state index in [1.54, 1.807) is 11.6 Å². The van der Waals surface area contributed by atoms with Crippen LogP contribution in [-0.4, -0.2) is 40.3 Å². The average Bonchev–Trinajstić information content (AvgIpc) is 2.82. The highest BCUT2D eigenvalue weighted by Crippen LogP contribution is 2.36. The second-order valence-electron chi connectivity index (χ2n) is 9.11. The van der Waals surface area contributed by atoms with Crippen molar-refractivity contribution in [2.45, 2.75) is 45.1 Å². The number of aryl methyl sites for hydroxylation is 2. The number of benzene rings is 1. The molecule has 5 rings (SSSR count). The molecule has 1 aliphatic heterocycles. The molecule has 0 N–H and O–H groups in total. The molecule has 2 fully saturated rings. The lowest BCUT2D eigenvalue weighted by atomic mass is 9.83. The van der Waals surface area contributed by atoms with Crippen molar-refractivity contribution >= 4 is 28.3 Å². The predicted octanol–water partition coefficient (Wildman–Crippen LogP) is 4.74. The van der Waals surface area contributed by atoms with E-state index in [0.29, 0.717) is 18.6 Å². The fourth-order valence-electron chi connectivity index (χ4n) is 5.31. The second kappa shape index (κ2) is 8.83. The molecule has 0 unspecified atom stereocenters. The van der Waals surface area contributed by atoms with Gasteiger partial charge >= 0.3 is 0 Å². The Kier molecular flexibility index (Phi) is 5.91. The normalized spacial score (nSPS) is 20.1. The van der Waals surface area contributed by atoms with Crippen LogP contribution in [0.1, 0.15) is 37.7 Å². The molecule has 1 saturated carbocycles. The number of nitrogens with zero attached hydrogens (tertiary/aromatic N) is 4. The lowest BCUT2D eigenvalue weighted by Gasteiger charge is -2.42. The summed E-state index contributed by atoms with van der Waals surface area (Å²) in [6.45, 7) is 4.07. The maximum absolute atomic E-state index is 12.2. The quantitative estimate of drug-likeness (QED) is 0.537. The monoisotopic (exact) mass is 452 g/mol. The highest BCUT2D eigenvalue weighted by molar-refractivity contribution is 6.28. The molecule has 1 atom stereocenters. The van der Waals surface area contributed by atoms with Crippen molar-refractivity contribution in [3.63, 3.8) is 0 Å². The molecule has 3 aromatic rings. The summed E-state index contributed by atoms with van der Waals surface area (Å²) in [6, 6.07) is 8.42. The molecule has 1 aliphatic carbocycles. The Balaban J connectivity index is 1.62. The summed E-state index contributed by atoms with van der Waals surface area (Å²) in [5, 5.41) is 1.26. The van der Waals surface area contributed by atoms with E-state index in [1.807, 2.05) is 31.3 Å². The number of hydrogen-bond donors (Lipinski definition) is 0. The number of rotatable bonds is 3. The van der Waals surface area contributed by atoms with Crippen LogP contribution in [0.3, 0.4) is 0 Å². The Morgan fingerprint density at radius 3 is 2.69 bits per heavy atom. The van der Waals surface area contributed by atoms with Crippen molar-refractivity contribution in [2.75, 3.05) is 24.7 Å². The fraction of sp³-hybridized carbons (Fsp3) is 0.480. The summed E-state index contributed by atoms with van der Waals surface area (Å²) in [4.78, 5) is 23.8. The smallest absolute Gasteiger partial charge is 0.253 e. The predicted molar refractivity (Wildman–Crippen MR) is 128 cm³/mol. The van der Waals surface area contributed by atoms with Gasteiger partial charge in [-0.2, -0.15) is 4.98 Å². The summed E-state index contributed by atoms with van der Waals surface area (Å²) in [5.74, 6) is 1.50. The summed E-state index contributed by atoms with van der Waals surface area (Å²) >= 11 is 6.37. The van der Waals surface area contributed by atoms with E-state index in [0.717, 1.165) is 46.6 Å². The fourth-order valence-corrected chi connectivity index (χ4v) is 5.49. The lowest BCUT2D eigenvalue weighted by molar-refractivity contribution is 0.0674. The van der Waals surface area contributed by atoms with Gasteiger partial charge in [-0.1, -0.05) is 25.3 Å². The van der Waals surface area contributed by atoms with Crippen LogP contribution in [0.5, 0.6) is 0 Å². The van der Waals surface area contributed by atoms with Crippen molar-refractivity contribution in [1.29, 1.82) is 0 Å². The van der Waals surface area contributed by atoms with Crippen LogP contribution in [0.2, 0.25) is 5.28 Å². The molecular weight excluding hydrogens is 424 g/mol. The maximum Gasteiger partial charge on any atom is 0.253 e. The zero-order valence-corrected chi connectivity index (χ0v) is 19.4. The molecule has 6 nitrogen and oxygen atoms in total. The van der Waals surface area contributed by atoms with Gasteiger partial charge in [-0.25, -0.2) is 4.98 Å². The first-order chi connectivity index (χ1) is 15.5. The van der Waals surface area contributed by atoms with E-state index in [9.17, 15) is 4.79 Å². The van der Waals surface area contributed by atoms with Crippen LogP contribution in [0.25, 0.3) is 22.0 Å². The number of anilines is 1. The number of hydrogen-bond acceptors (Lipinski definition) is 5. The Hall–Kier alpha value is -2.44. The highest BCUT2D eigenvalue weighted by Gasteiger charge is 2.33. The van der Waals surface area contributed by atoms with Crippen LogP contribution < -0.4 is 10.5 Å². The van der Waals surface area contributed by atoms with E-state index < -0.39 is 0 Å². The Labute approximate surface area is 193 Å². The van der Waals surface area contributed by atoms with Gasteiger partial charge in [0.2, 0.25) is 5.28 Å². The number of pyridine rings is 1. The molecule has 1 saturated heterocycles. The third-order valence-electron chi connectivity index (χ3n) is 6.98. The third-order valence-corrected chi connectivity index (χ3v) is 7.14. The number of aromatic nitrogens is 3. The summed E-state index contributed by atoms with van der Waals surface area (Å²) in [6.07, 6.45) is 8.27.